The summed E-state index contributed by atoms with van der Waals surface area (Å²) in [6.45, 7) is 1.78. The van der Waals surface area contributed by atoms with E-state index in [9.17, 15) is 9.59 Å². The second-order valence-corrected chi connectivity index (χ2v) is 9.76. The summed E-state index contributed by atoms with van der Waals surface area (Å²) in [5.41, 5.74) is 2.43. The first kappa shape index (κ1) is 55.6. The van der Waals surface area contributed by atoms with Crippen LogP contribution in [0.15, 0.2) is 48.5 Å². The molecule has 2 rings (SSSR count). The number of benzene rings is 2. The van der Waals surface area contributed by atoms with Crippen LogP contribution >= 0.6 is 39.1 Å². The van der Waals surface area contributed by atoms with Crippen molar-refractivity contribution in [3.63, 3.8) is 0 Å². The number of hydrogen-bond donors (Lipinski definition) is 1. The molecular weight excluding hydrogens is 759 g/mol. The predicted molar refractivity (Wildman–Crippen MR) is 174 cm³/mol. The number of phenolic OH excluding ortho intramolecular Hbond substituents is 1. The maximum atomic E-state index is 10.9. The molecule has 0 fully saturated rings. The zero-order valence-corrected chi connectivity index (χ0v) is 36.8. The van der Waals surface area contributed by atoms with E-state index in [0.29, 0.717) is 31.2 Å². The van der Waals surface area contributed by atoms with Crippen molar-refractivity contribution in [3.8, 4) is 17.6 Å². The van der Waals surface area contributed by atoms with Crippen LogP contribution in [0.1, 0.15) is 58.0 Å². The maximum Gasteiger partial charge on any atom is 1.00 e. The van der Waals surface area contributed by atoms with Gasteiger partial charge < -0.3 is 30.9 Å². The van der Waals surface area contributed by atoms with Crippen molar-refractivity contribution in [2.45, 2.75) is 58.3 Å². The number of methoxy groups -OCH3 is 2. The molecule has 0 saturated heterocycles. The molecule has 10 nitrogen and oxygen atoms in total. The van der Waals surface area contributed by atoms with Gasteiger partial charge in [-0.3, -0.25) is 14.4 Å². The fourth-order valence-corrected chi connectivity index (χ4v) is 3.05. The second-order valence-electron chi connectivity index (χ2n) is 8.21. The van der Waals surface area contributed by atoms with Crippen molar-refractivity contribution < 1.29 is 148 Å². The molecule has 15 heteroatoms. The van der Waals surface area contributed by atoms with Gasteiger partial charge in [-0.15, -0.1) is 23.2 Å². The Morgan fingerprint density at radius 2 is 1.26 bits per heavy atom. The Labute approximate surface area is 378 Å². The minimum absolute atomic E-state index is 0. The number of nitriles is 1. The summed E-state index contributed by atoms with van der Waals surface area (Å²) >= 11 is 13.8. The molecule has 0 radical (unpaired) electrons. The Balaban J connectivity index is -0.000000131. The third-order valence-corrected chi connectivity index (χ3v) is 6.16. The summed E-state index contributed by atoms with van der Waals surface area (Å²) in [5, 5.41) is 25.7. The summed E-state index contributed by atoms with van der Waals surface area (Å²) in [6, 6.07) is 16.9. The first-order chi connectivity index (χ1) is 21.2. The number of aromatic hydroxyl groups is 1. The normalized spacial score (nSPS) is 8.48. The van der Waals surface area contributed by atoms with E-state index in [-0.39, 0.29) is 128 Å². The molecule has 2 aromatic carbocycles. The van der Waals surface area contributed by atoms with E-state index in [0.717, 1.165) is 49.6 Å². The van der Waals surface area contributed by atoms with Gasteiger partial charge in [0.15, 0.2) is 0 Å². The first-order valence-electron chi connectivity index (χ1n) is 13.6. The first-order valence-corrected chi connectivity index (χ1v) is 15.8. The number of carbonyl (C=O) groups is 3. The van der Waals surface area contributed by atoms with Gasteiger partial charge in [0.25, 0.3) is 6.47 Å². The summed E-state index contributed by atoms with van der Waals surface area (Å²) in [5.74, 6) is 2.04. The standard InChI is InChI=1S/C14H19ClO3.C12H16O3.C2H4BrCl.C2H3N.CH2O3.2K.H/c1-17-14(16)5-3-2-4-12-6-8-13(9-7-12)18-11-10-15;1-15-12(14)5-3-2-4-10-6-8-11(13)9-7-10;3-1-2-4;1-2-3;2-1-4-3;;;/h6-9H,2-5,10-11H2,1H3;6-9,13H,2-5H2,1H3;1-2H2;1H3;1,3H;;;/q;;;;;2*+1;-1/p-1. The third-order valence-electron chi connectivity index (χ3n) is 4.96. The van der Waals surface area contributed by atoms with Crippen LogP contribution in [0.5, 0.6) is 11.5 Å². The number of nitrogens with zero attached hydrogens (tertiary/aromatic N) is 1. The number of phenols is 1. The van der Waals surface area contributed by atoms with Gasteiger partial charge in [-0.25, -0.2) is 0 Å². The van der Waals surface area contributed by atoms with Crippen LogP contribution < -0.4 is 113 Å². The van der Waals surface area contributed by atoms with Gasteiger partial charge in [0.1, 0.15) is 18.1 Å². The predicted octanol–water partition coefficient (Wildman–Crippen LogP) is 0.173. The molecular formula is C31H44BrCl2K2NO9. The fraction of sp³-hybridized carbons (Fsp3) is 0.484. The van der Waals surface area contributed by atoms with Gasteiger partial charge in [0.05, 0.1) is 26.2 Å². The zero-order chi connectivity index (χ0) is 33.8. The molecule has 0 aromatic heterocycles. The van der Waals surface area contributed by atoms with Crippen molar-refractivity contribution in [2.24, 2.45) is 0 Å². The Morgan fingerprint density at radius 3 is 1.57 bits per heavy atom. The zero-order valence-electron chi connectivity index (χ0n) is 28.5. The molecule has 0 aliphatic rings. The van der Waals surface area contributed by atoms with Crippen LogP contribution in [-0.2, 0) is 41.6 Å². The van der Waals surface area contributed by atoms with Crippen molar-refractivity contribution in [2.75, 3.05) is 37.9 Å². The molecule has 0 amide bonds. The molecule has 0 unspecified atom stereocenters. The molecule has 0 aliphatic heterocycles. The number of rotatable bonds is 15. The second kappa shape index (κ2) is 45.2. The number of aryl methyl sites for hydroxylation is 2. The Kier molecular flexibility index (Phi) is 54.7. The van der Waals surface area contributed by atoms with Crippen LogP contribution in [0.2, 0.25) is 0 Å². The van der Waals surface area contributed by atoms with Gasteiger partial charge in [-0.05, 0) is 73.9 Å². The molecule has 0 atom stereocenters. The van der Waals surface area contributed by atoms with Crippen molar-refractivity contribution in [1.29, 1.82) is 5.26 Å². The number of ether oxygens (including phenoxy) is 3. The van der Waals surface area contributed by atoms with E-state index < -0.39 is 0 Å². The van der Waals surface area contributed by atoms with E-state index >= 15 is 0 Å². The van der Waals surface area contributed by atoms with Gasteiger partial charge in [0, 0.05) is 31.0 Å². The monoisotopic (exact) mass is 801 g/mol. The Bertz CT molecular complexity index is 1010. The third kappa shape index (κ3) is 42.3. The topological polar surface area (TPSA) is 155 Å². The van der Waals surface area contributed by atoms with E-state index in [2.05, 4.69) is 30.3 Å². The van der Waals surface area contributed by atoms with Crippen LogP contribution in [0.25, 0.3) is 0 Å². The van der Waals surface area contributed by atoms with Crippen LogP contribution in [0.3, 0.4) is 0 Å². The minimum atomic E-state index is -0.181. The molecule has 0 spiro atoms. The van der Waals surface area contributed by atoms with Gasteiger partial charge in [-0.1, -0.05) is 40.2 Å². The number of halogens is 3. The average molecular weight is 804 g/mol. The SMILES string of the molecule is CC#N.COC(=O)CCCCc1ccc(O)cc1.COC(=O)CCCCc1ccc(OCCCl)cc1.ClCCBr.O=CO[O-].[H-].[K+].[K+]. The van der Waals surface area contributed by atoms with Crippen LogP contribution in [-0.4, -0.2) is 61.4 Å². The number of hydrogen-bond acceptors (Lipinski definition) is 10. The summed E-state index contributed by atoms with van der Waals surface area (Å²) in [7, 11) is 2.82. The number of esters is 2. The smallest absolute Gasteiger partial charge is 1.00 e. The number of alkyl halides is 3. The largest absolute Gasteiger partial charge is 1.00 e. The summed E-state index contributed by atoms with van der Waals surface area (Å²) in [4.78, 5) is 33.0. The average Bonchev–Trinajstić information content (AvgIpc) is 3.06. The quantitative estimate of drug-likeness (QED) is 0.0502. The van der Waals surface area contributed by atoms with Gasteiger partial charge >= 0.3 is 115 Å². The molecule has 1 N–H and O–H groups in total. The van der Waals surface area contributed by atoms with E-state index in [1.807, 2.05) is 36.4 Å². The van der Waals surface area contributed by atoms with Gasteiger partial charge in [0.2, 0.25) is 0 Å². The molecule has 0 aliphatic carbocycles. The Hall–Kier alpha value is 0.233. The van der Waals surface area contributed by atoms with Crippen molar-refractivity contribution in [3.05, 3.63) is 59.7 Å². The number of unbranched alkanes of at least 4 members (excludes halogenated alkanes) is 2. The fourth-order valence-electron chi connectivity index (χ4n) is 2.97. The molecule has 46 heavy (non-hydrogen) atoms. The molecule has 0 heterocycles. The maximum absolute atomic E-state index is 10.9. The van der Waals surface area contributed by atoms with E-state index in [4.69, 9.17) is 48.4 Å². The van der Waals surface area contributed by atoms with Crippen molar-refractivity contribution in [1.82, 2.24) is 0 Å². The molecule has 2 aromatic rings. The summed E-state index contributed by atoms with van der Waals surface area (Å²) < 4.78 is 14.5. The molecule has 0 bridgehead atoms. The molecule has 0 saturated carbocycles. The minimum Gasteiger partial charge on any atom is -1.00 e. The molecule has 250 valence electrons. The number of carbonyl (C=O) groups excluding carboxylic acids is 3. The summed E-state index contributed by atoms with van der Waals surface area (Å²) in [6.07, 6.45) is 6.51. The van der Waals surface area contributed by atoms with Crippen LogP contribution in [0.4, 0.5) is 0 Å². The van der Waals surface area contributed by atoms with Crippen LogP contribution in [0, 0.1) is 11.3 Å². The van der Waals surface area contributed by atoms with E-state index in [1.54, 1.807) is 18.2 Å². The van der Waals surface area contributed by atoms with Gasteiger partial charge in [-0.2, -0.15) is 5.26 Å². The Morgan fingerprint density at radius 1 is 0.891 bits per heavy atom. The van der Waals surface area contributed by atoms with E-state index in [1.165, 1.54) is 32.3 Å². The van der Waals surface area contributed by atoms with Crippen molar-refractivity contribution >= 4 is 57.5 Å².